The summed E-state index contributed by atoms with van der Waals surface area (Å²) in [7, 11) is -1.45. The number of pyridine rings is 1. The first-order valence-electron chi connectivity index (χ1n) is 13.7. The first kappa shape index (κ1) is 31.2. The fraction of sp³-hybridized carbons (Fsp3) is 0.613. The first-order chi connectivity index (χ1) is 17.0. The van der Waals surface area contributed by atoms with E-state index in [1.54, 1.807) is 0 Å². The number of carbonyl (C=O) groups excluding carboxylic acids is 1. The van der Waals surface area contributed by atoms with Crippen molar-refractivity contribution in [2.75, 3.05) is 0 Å². The van der Waals surface area contributed by atoms with Gasteiger partial charge in [0.05, 0.1) is 17.2 Å². The molecule has 37 heavy (non-hydrogen) atoms. The fourth-order valence-corrected chi connectivity index (χ4v) is 5.50. The van der Waals surface area contributed by atoms with Crippen LogP contribution in [0, 0.1) is 16.6 Å². The Morgan fingerprint density at radius 1 is 0.973 bits per heavy atom. The monoisotopic (exact) mass is 529 g/mol. The summed E-state index contributed by atoms with van der Waals surface area (Å²) < 4.78 is 26.8. The summed E-state index contributed by atoms with van der Waals surface area (Å²) in [6, 6.07) is 6.61. The van der Waals surface area contributed by atoms with E-state index in [9.17, 15) is 9.18 Å². The minimum absolute atomic E-state index is 0.104. The number of carbonyl (C=O) groups is 1. The molecule has 0 fully saturated rings. The molecule has 0 aliphatic carbocycles. The smallest absolute Gasteiger partial charge is 0.311 e. The predicted molar refractivity (Wildman–Crippen MR) is 154 cm³/mol. The van der Waals surface area contributed by atoms with E-state index in [0.717, 1.165) is 33.6 Å². The third kappa shape index (κ3) is 7.50. The Labute approximate surface area is 226 Å². The lowest BCUT2D eigenvalue weighted by atomic mass is 9.77. The molecule has 0 saturated carbocycles. The van der Waals surface area contributed by atoms with E-state index in [1.807, 2.05) is 32.9 Å². The van der Waals surface area contributed by atoms with Crippen LogP contribution < -0.4 is 0 Å². The van der Waals surface area contributed by atoms with Gasteiger partial charge in [0.15, 0.2) is 9.04 Å². The van der Waals surface area contributed by atoms with Crippen LogP contribution in [0.3, 0.4) is 0 Å². The third-order valence-corrected chi connectivity index (χ3v) is 7.68. The van der Waals surface area contributed by atoms with Crippen LogP contribution in [-0.2, 0) is 20.6 Å². The highest BCUT2D eigenvalue weighted by molar-refractivity contribution is 6.48. The molecule has 1 unspecified atom stereocenters. The normalized spacial score (nSPS) is 13.5. The molecule has 1 heterocycles. The molecule has 0 N–H and O–H groups in total. The van der Waals surface area contributed by atoms with Gasteiger partial charge < -0.3 is 9.16 Å². The number of hydrogen-bond donors (Lipinski definition) is 0. The number of halogens is 1. The zero-order chi connectivity index (χ0) is 28.3. The van der Waals surface area contributed by atoms with Crippen LogP contribution >= 0.6 is 0 Å². The molecule has 0 spiro atoms. The Hall–Kier alpha value is -2.05. The van der Waals surface area contributed by atoms with E-state index < -0.39 is 14.5 Å². The summed E-state index contributed by atoms with van der Waals surface area (Å²) in [5.74, 6) is -0.275. The second-order valence-corrected chi connectivity index (χ2v) is 15.1. The molecule has 206 valence electrons. The van der Waals surface area contributed by atoms with Crippen molar-refractivity contribution in [3.63, 3.8) is 0 Å². The van der Waals surface area contributed by atoms with E-state index in [2.05, 4.69) is 61.6 Å². The summed E-state index contributed by atoms with van der Waals surface area (Å²) in [5.41, 5.74) is 4.85. The maximum atomic E-state index is 14.1. The largest absolute Gasteiger partial charge is 0.460 e. The summed E-state index contributed by atoms with van der Waals surface area (Å²) in [4.78, 5) is 18.3. The van der Waals surface area contributed by atoms with Gasteiger partial charge in [-0.3, -0.25) is 9.78 Å². The number of rotatable bonds is 10. The molecule has 1 atom stereocenters. The lowest BCUT2D eigenvalue weighted by molar-refractivity contribution is -0.155. The molecular formula is C31H48FNO3Si. The van der Waals surface area contributed by atoms with Crippen molar-refractivity contribution in [1.29, 1.82) is 0 Å². The van der Waals surface area contributed by atoms with Gasteiger partial charge in [-0.2, -0.15) is 0 Å². The van der Waals surface area contributed by atoms with Gasteiger partial charge in [-0.15, -0.1) is 0 Å². The van der Waals surface area contributed by atoms with Gasteiger partial charge in [0.2, 0.25) is 0 Å². The van der Waals surface area contributed by atoms with E-state index in [-0.39, 0.29) is 41.7 Å². The van der Waals surface area contributed by atoms with Gasteiger partial charge >= 0.3 is 5.97 Å². The molecule has 6 heteroatoms. The van der Waals surface area contributed by atoms with Crippen LogP contribution in [0.15, 0.2) is 24.3 Å². The molecular weight excluding hydrogens is 481 g/mol. The minimum Gasteiger partial charge on any atom is -0.460 e. The first-order valence-corrected chi connectivity index (χ1v) is 16.4. The highest BCUT2D eigenvalue weighted by Crippen LogP contribution is 2.47. The maximum Gasteiger partial charge on any atom is 0.311 e. The summed E-state index contributed by atoms with van der Waals surface area (Å²) in [6.07, 6.45) is 0.467. The van der Waals surface area contributed by atoms with Crippen molar-refractivity contribution in [3.05, 3.63) is 52.6 Å². The molecule has 0 aliphatic rings. The van der Waals surface area contributed by atoms with Crippen molar-refractivity contribution in [3.8, 4) is 11.1 Å². The summed E-state index contributed by atoms with van der Waals surface area (Å²) in [5, 5.41) is 0. The van der Waals surface area contributed by atoms with Gasteiger partial charge in [-0.25, -0.2) is 4.39 Å². The van der Waals surface area contributed by atoms with Crippen LogP contribution in [-0.4, -0.2) is 20.0 Å². The van der Waals surface area contributed by atoms with Gasteiger partial charge in [-0.1, -0.05) is 67.5 Å². The molecule has 0 radical (unpaired) electrons. The molecule has 1 aromatic carbocycles. The number of benzene rings is 1. The topological polar surface area (TPSA) is 48.4 Å². The molecule has 0 saturated heterocycles. The molecule has 2 rings (SSSR count). The number of aromatic nitrogens is 1. The van der Waals surface area contributed by atoms with Crippen LogP contribution in [0.25, 0.3) is 11.1 Å². The van der Waals surface area contributed by atoms with Crippen molar-refractivity contribution >= 4 is 15.0 Å². The Balaban J connectivity index is 3.01. The molecule has 0 amide bonds. The second-order valence-electron chi connectivity index (χ2n) is 12.7. The van der Waals surface area contributed by atoms with E-state index in [1.165, 1.54) is 12.1 Å². The summed E-state index contributed by atoms with van der Waals surface area (Å²) in [6.45, 7) is 25.4. The van der Waals surface area contributed by atoms with Gasteiger partial charge in [0, 0.05) is 16.8 Å². The molecule has 1 aromatic heterocycles. The number of nitrogens with zero attached hydrogens (tertiary/aromatic N) is 1. The molecule has 2 aromatic rings. The quantitative estimate of drug-likeness (QED) is 0.228. The van der Waals surface area contributed by atoms with E-state index in [0.29, 0.717) is 6.42 Å². The Morgan fingerprint density at radius 3 is 1.95 bits per heavy atom. The zero-order valence-electron chi connectivity index (χ0n) is 25.1. The van der Waals surface area contributed by atoms with Gasteiger partial charge in [0.1, 0.15) is 12.4 Å². The van der Waals surface area contributed by atoms with Crippen LogP contribution in [0.1, 0.15) is 116 Å². The van der Waals surface area contributed by atoms with E-state index >= 15 is 0 Å². The SMILES string of the molecule is CCC(C)(C)C(=O)OCc1c(C(C)C)nc(C(C)C)c(C(O[SiH](C)C)C(C)(C)C)c1-c1ccc(F)cc1. The lowest BCUT2D eigenvalue weighted by Crippen LogP contribution is -2.29. The van der Waals surface area contributed by atoms with Crippen molar-refractivity contribution in [1.82, 2.24) is 4.98 Å². The standard InChI is InChI=1S/C31H48FNO3Si/c1-13-31(9,10)29(34)35-18-23-24(21-14-16-22(32)17-15-21)25(28(30(6,7)8)36-37(11)12)27(20(4)5)33-26(23)19(2)3/h14-17,19-20,28,37H,13,18H2,1-12H3. The van der Waals surface area contributed by atoms with Gasteiger partial charge in [-0.05, 0) is 73.9 Å². The summed E-state index contributed by atoms with van der Waals surface area (Å²) >= 11 is 0. The van der Waals surface area contributed by atoms with Crippen molar-refractivity contribution in [2.24, 2.45) is 10.8 Å². The molecule has 0 bridgehead atoms. The third-order valence-electron chi connectivity index (χ3n) is 6.86. The fourth-order valence-electron chi connectivity index (χ4n) is 4.41. The number of hydrogen-bond acceptors (Lipinski definition) is 4. The van der Waals surface area contributed by atoms with Crippen molar-refractivity contribution < 1.29 is 18.3 Å². The Kier molecular flexibility index (Phi) is 10.3. The van der Waals surface area contributed by atoms with E-state index in [4.69, 9.17) is 14.1 Å². The van der Waals surface area contributed by atoms with Crippen LogP contribution in [0.2, 0.25) is 13.1 Å². The molecule has 4 nitrogen and oxygen atoms in total. The average molecular weight is 530 g/mol. The second kappa shape index (κ2) is 12.2. The van der Waals surface area contributed by atoms with Crippen LogP contribution in [0.4, 0.5) is 4.39 Å². The van der Waals surface area contributed by atoms with Gasteiger partial charge in [0.25, 0.3) is 0 Å². The highest BCUT2D eigenvalue weighted by atomic mass is 28.3. The number of esters is 1. The Morgan fingerprint density at radius 2 is 1.51 bits per heavy atom. The number of ether oxygens (including phenoxy) is 1. The zero-order valence-corrected chi connectivity index (χ0v) is 26.2. The average Bonchev–Trinajstić information content (AvgIpc) is 2.79. The Bertz CT molecular complexity index is 1070. The lowest BCUT2D eigenvalue weighted by Gasteiger charge is -2.37. The maximum absolute atomic E-state index is 14.1. The van der Waals surface area contributed by atoms with Crippen molar-refractivity contribution in [2.45, 2.75) is 113 Å². The minimum atomic E-state index is -1.45. The van der Waals surface area contributed by atoms with Crippen LogP contribution in [0.5, 0.6) is 0 Å². The highest BCUT2D eigenvalue weighted by Gasteiger charge is 2.36. The molecule has 0 aliphatic heterocycles. The predicted octanol–water partition coefficient (Wildman–Crippen LogP) is 8.70.